The maximum Gasteiger partial charge on any atom is 0.416 e. The van der Waals surface area contributed by atoms with Crippen molar-refractivity contribution in [3.8, 4) is 5.75 Å². The molecule has 12 heteroatoms. The molecule has 3 aromatic rings. The van der Waals surface area contributed by atoms with E-state index in [1.807, 2.05) is 0 Å². The Bertz CT molecular complexity index is 1130. The van der Waals surface area contributed by atoms with Crippen LogP contribution in [-0.4, -0.2) is 17.1 Å². The molecular weight excluding hydrogens is 445 g/mol. The van der Waals surface area contributed by atoms with E-state index in [9.17, 15) is 30.7 Å². The molecule has 2 aromatic carbocycles. The Labute approximate surface area is 177 Å². The fourth-order valence-electron chi connectivity index (χ4n) is 2.75. The normalized spacial score (nSPS) is 11.9. The number of nitrogens with zero attached hydrogens (tertiary/aromatic N) is 2. The van der Waals surface area contributed by atoms with Gasteiger partial charge in [0.2, 0.25) is 5.95 Å². The molecule has 0 bridgehead atoms. The minimum atomic E-state index is -4.68. The Kier molecular flexibility index (Phi) is 6.15. The van der Waals surface area contributed by atoms with E-state index in [2.05, 4.69) is 20.6 Å². The zero-order valence-corrected chi connectivity index (χ0v) is 16.5. The van der Waals surface area contributed by atoms with Crippen molar-refractivity contribution < 1.29 is 35.5 Å². The van der Waals surface area contributed by atoms with Gasteiger partial charge >= 0.3 is 12.4 Å². The second-order valence-electron chi connectivity index (χ2n) is 6.67. The summed E-state index contributed by atoms with van der Waals surface area (Å²) in [4.78, 5) is 7.48. The van der Waals surface area contributed by atoms with Gasteiger partial charge < -0.3 is 15.4 Å². The molecule has 1 aromatic heterocycles. The molecule has 0 unspecified atom stereocenters. The minimum Gasteiger partial charge on any atom is -0.497 e. The van der Waals surface area contributed by atoms with Crippen molar-refractivity contribution >= 4 is 23.1 Å². The van der Waals surface area contributed by atoms with Crippen molar-refractivity contribution in [3.05, 3.63) is 65.1 Å². The van der Waals surface area contributed by atoms with Crippen LogP contribution in [0.2, 0.25) is 0 Å². The lowest BCUT2D eigenvalue weighted by molar-refractivity contribution is -0.138. The minimum absolute atomic E-state index is 0.00405. The van der Waals surface area contributed by atoms with Crippen LogP contribution in [0.25, 0.3) is 0 Å². The van der Waals surface area contributed by atoms with Crippen LogP contribution in [0.15, 0.2) is 42.6 Å². The number of benzene rings is 2. The average Bonchev–Trinajstić information content (AvgIpc) is 2.68. The first-order valence-corrected chi connectivity index (χ1v) is 8.87. The fraction of sp³-hybridized carbons (Fsp3) is 0.200. The first kappa shape index (κ1) is 23.1. The highest BCUT2D eigenvalue weighted by molar-refractivity contribution is 5.63. The van der Waals surface area contributed by atoms with Gasteiger partial charge in [0, 0.05) is 17.4 Å². The molecule has 2 N–H and O–H groups in total. The van der Waals surface area contributed by atoms with E-state index in [0.29, 0.717) is 5.56 Å². The van der Waals surface area contributed by atoms with Gasteiger partial charge in [0.25, 0.3) is 0 Å². The maximum absolute atomic E-state index is 14.2. The van der Waals surface area contributed by atoms with E-state index in [4.69, 9.17) is 4.74 Å². The highest BCUT2D eigenvalue weighted by Crippen LogP contribution is 2.35. The van der Waals surface area contributed by atoms with Crippen LogP contribution in [0.3, 0.4) is 0 Å². The zero-order valence-electron chi connectivity index (χ0n) is 16.5. The Hall–Kier alpha value is -3.57. The van der Waals surface area contributed by atoms with Gasteiger partial charge in [0.1, 0.15) is 5.75 Å². The van der Waals surface area contributed by atoms with Crippen molar-refractivity contribution in [2.75, 3.05) is 17.7 Å². The number of rotatable bonds is 5. The van der Waals surface area contributed by atoms with Gasteiger partial charge in [0.15, 0.2) is 11.6 Å². The topological polar surface area (TPSA) is 59.1 Å². The molecule has 0 aliphatic rings. The molecule has 170 valence electrons. The van der Waals surface area contributed by atoms with Gasteiger partial charge in [0.05, 0.1) is 24.4 Å². The molecule has 0 aliphatic carbocycles. The molecule has 32 heavy (non-hydrogen) atoms. The Morgan fingerprint density at radius 2 is 1.41 bits per heavy atom. The summed E-state index contributed by atoms with van der Waals surface area (Å²) in [5, 5.41) is 4.94. The molecule has 0 radical (unpaired) electrons. The smallest absolute Gasteiger partial charge is 0.416 e. The van der Waals surface area contributed by atoms with Crippen LogP contribution in [0.5, 0.6) is 5.75 Å². The lowest BCUT2D eigenvalue weighted by Gasteiger charge is -2.14. The van der Waals surface area contributed by atoms with Gasteiger partial charge in [-0.1, -0.05) is 0 Å². The number of aryl methyl sites for hydroxylation is 1. The zero-order chi connectivity index (χ0) is 23.7. The van der Waals surface area contributed by atoms with Gasteiger partial charge in [-0.25, -0.2) is 9.37 Å². The predicted octanol–water partition coefficient (Wildman–Crippen LogP) is 6.46. The highest BCUT2D eigenvalue weighted by atomic mass is 19.4. The van der Waals surface area contributed by atoms with Gasteiger partial charge in [-0.05, 0) is 42.8 Å². The number of alkyl halides is 6. The van der Waals surface area contributed by atoms with Crippen LogP contribution in [0.1, 0.15) is 16.7 Å². The summed E-state index contributed by atoms with van der Waals surface area (Å²) in [6.07, 6.45) is -8.53. The Morgan fingerprint density at radius 1 is 0.812 bits per heavy atom. The molecule has 0 aliphatic heterocycles. The van der Waals surface area contributed by atoms with Crippen LogP contribution < -0.4 is 15.4 Å². The molecule has 0 spiro atoms. The summed E-state index contributed by atoms with van der Waals surface area (Å²) in [5.74, 6) is -1.89. The number of halogens is 7. The molecule has 1 heterocycles. The standard InChI is InChI=1S/C20H15F7N4O/c1-10-3-11(19(22,23)24)5-13(4-10)30-18-28-9-16(21)17(31-18)29-14-6-12(20(25,26)27)7-15(8-14)32-2/h3-9H,1-2H3,(H2,28,29,30,31). The monoisotopic (exact) mass is 460 g/mol. The second kappa shape index (κ2) is 8.52. The van der Waals surface area contributed by atoms with Crippen molar-refractivity contribution in [2.24, 2.45) is 0 Å². The lowest BCUT2D eigenvalue weighted by Crippen LogP contribution is -2.08. The quantitative estimate of drug-likeness (QED) is 0.428. The fourth-order valence-corrected chi connectivity index (χ4v) is 2.75. The van der Waals surface area contributed by atoms with Crippen LogP contribution in [-0.2, 0) is 12.4 Å². The summed E-state index contributed by atoms with van der Waals surface area (Å²) >= 11 is 0. The molecule has 0 amide bonds. The number of aromatic nitrogens is 2. The molecule has 0 saturated heterocycles. The number of ether oxygens (including phenoxy) is 1. The van der Waals surface area contributed by atoms with E-state index in [0.717, 1.165) is 30.5 Å². The maximum atomic E-state index is 14.2. The molecule has 5 nitrogen and oxygen atoms in total. The second-order valence-corrected chi connectivity index (χ2v) is 6.67. The Morgan fingerprint density at radius 3 is 2.00 bits per heavy atom. The molecule has 3 rings (SSSR count). The Balaban J connectivity index is 1.92. The van der Waals surface area contributed by atoms with Crippen molar-refractivity contribution in [1.29, 1.82) is 0 Å². The lowest BCUT2D eigenvalue weighted by atomic mass is 10.1. The number of methoxy groups -OCH3 is 1. The van der Waals surface area contributed by atoms with E-state index in [-0.39, 0.29) is 23.1 Å². The van der Waals surface area contributed by atoms with Gasteiger partial charge in [-0.2, -0.15) is 31.3 Å². The summed E-state index contributed by atoms with van der Waals surface area (Å²) in [5.41, 5.74) is -1.81. The van der Waals surface area contributed by atoms with Crippen molar-refractivity contribution in [1.82, 2.24) is 9.97 Å². The summed E-state index contributed by atoms with van der Waals surface area (Å²) in [6, 6.07) is 5.86. The van der Waals surface area contributed by atoms with Crippen molar-refractivity contribution in [3.63, 3.8) is 0 Å². The number of nitrogens with one attached hydrogen (secondary N) is 2. The molecular formula is C20H15F7N4O. The molecule has 0 saturated carbocycles. The first-order valence-electron chi connectivity index (χ1n) is 8.87. The largest absolute Gasteiger partial charge is 0.497 e. The third-order valence-electron chi connectivity index (χ3n) is 4.14. The summed E-state index contributed by atoms with van der Waals surface area (Å²) < 4.78 is 97.3. The number of hydrogen-bond acceptors (Lipinski definition) is 5. The van der Waals surface area contributed by atoms with E-state index in [1.54, 1.807) is 0 Å². The van der Waals surface area contributed by atoms with Crippen LogP contribution in [0, 0.1) is 12.7 Å². The summed E-state index contributed by atoms with van der Waals surface area (Å²) in [6.45, 7) is 1.46. The third kappa shape index (κ3) is 5.56. The predicted molar refractivity (Wildman–Crippen MR) is 103 cm³/mol. The van der Waals surface area contributed by atoms with Crippen molar-refractivity contribution in [2.45, 2.75) is 19.3 Å². The van der Waals surface area contributed by atoms with E-state index >= 15 is 0 Å². The van der Waals surface area contributed by atoms with Crippen LogP contribution in [0.4, 0.5) is 53.9 Å². The molecule has 0 atom stereocenters. The summed E-state index contributed by atoms with van der Waals surface area (Å²) in [7, 11) is 1.17. The van der Waals surface area contributed by atoms with E-state index < -0.39 is 35.1 Å². The first-order chi connectivity index (χ1) is 14.8. The highest BCUT2D eigenvalue weighted by Gasteiger charge is 2.32. The van der Waals surface area contributed by atoms with Gasteiger partial charge in [-0.15, -0.1) is 0 Å². The third-order valence-corrected chi connectivity index (χ3v) is 4.14. The SMILES string of the molecule is COc1cc(Nc2nc(Nc3cc(C)cc(C(F)(F)F)c3)ncc2F)cc(C(F)(F)F)c1. The average molecular weight is 460 g/mol. The number of hydrogen-bond donors (Lipinski definition) is 2. The van der Waals surface area contributed by atoms with E-state index in [1.165, 1.54) is 26.2 Å². The van der Waals surface area contributed by atoms with Crippen LogP contribution >= 0.6 is 0 Å². The number of anilines is 4. The molecule has 0 fully saturated rings. The van der Waals surface area contributed by atoms with Gasteiger partial charge in [-0.3, -0.25) is 0 Å².